The molecule has 3 amide bonds. The lowest BCUT2D eigenvalue weighted by atomic mass is 10.00. The van der Waals surface area contributed by atoms with E-state index >= 15 is 0 Å². The predicted octanol–water partition coefficient (Wildman–Crippen LogP) is 2.34. The zero-order chi connectivity index (χ0) is 26.4. The summed E-state index contributed by atoms with van der Waals surface area (Å²) in [4.78, 5) is 33.4. The summed E-state index contributed by atoms with van der Waals surface area (Å²) in [5.74, 6) is 4.53. The monoisotopic (exact) mass is 498 g/mol. The van der Waals surface area contributed by atoms with E-state index in [1.54, 1.807) is 24.9 Å². The lowest BCUT2D eigenvalue weighted by molar-refractivity contribution is 0.0356. The highest BCUT2D eigenvalue weighted by molar-refractivity contribution is 5.97. The number of amides is 3. The molecular weight excluding hydrogens is 467 g/mol. The molecule has 192 valence electrons. The van der Waals surface area contributed by atoms with Crippen LogP contribution in [0.1, 0.15) is 36.7 Å². The van der Waals surface area contributed by atoms with E-state index < -0.39 is 30.1 Å². The minimum atomic E-state index is -0.841. The van der Waals surface area contributed by atoms with Crippen molar-refractivity contribution in [3.8, 4) is 17.7 Å². The Morgan fingerprint density at radius 2 is 2.06 bits per heavy atom. The highest BCUT2D eigenvalue weighted by Crippen LogP contribution is 2.27. The fraction of sp³-hybridized carbons (Fsp3) is 0.423. The maximum atomic E-state index is 13.4. The van der Waals surface area contributed by atoms with Gasteiger partial charge < -0.3 is 30.1 Å². The van der Waals surface area contributed by atoms with Crippen LogP contribution in [0.3, 0.4) is 0 Å². The van der Waals surface area contributed by atoms with Crippen molar-refractivity contribution >= 4 is 17.6 Å². The quantitative estimate of drug-likeness (QED) is 0.545. The number of carbonyl (C=O) groups is 2. The molecule has 0 saturated heterocycles. The number of hydrogen-bond acceptors (Lipinski definition) is 6. The van der Waals surface area contributed by atoms with Gasteiger partial charge in [-0.15, -0.1) is 0 Å². The number of nitrogens with zero attached hydrogens (tertiary/aromatic N) is 3. The number of urea groups is 1. The van der Waals surface area contributed by atoms with Gasteiger partial charge in [-0.1, -0.05) is 18.8 Å². The number of benzene rings is 1. The molecule has 1 aromatic heterocycles. The van der Waals surface area contributed by atoms with Crippen molar-refractivity contribution in [3.05, 3.63) is 53.5 Å². The van der Waals surface area contributed by atoms with Crippen LogP contribution in [0.15, 0.2) is 36.5 Å². The van der Waals surface area contributed by atoms with Crippen LogP contribution < -0.4 is 10.1 Å². The molecule has 0 aliphatic carbocycles. The molecule has 1 aromatic carbocycles. The SMILES string of the molecule is C[C@@H](O)C#Cc1cnc2c(c1)C(=O)N([C@@H](C)CO)C[C@H](C)[C@H](CN(C)C(=O)Nc1ccc(F)cc1)O2. The van der Waals surface area contributed by atoms with Crippen LogP contribution in [0.5, 0.6) is 5.88 Å². The number of likely N-dealkylation sites (N-methyl/N-ethyl adjacent to an activating group) is 1. The maximum absolute atomic E-state index is 13.4. The minimum Gasteiger partial charge on any atom is -0.472 e. The summed E-state index contributed by atoms with van der Waals surface area (Å²) in [6.45, 7) is 5.40. The van der Waals surface area contributed by atoms with E-state index in [2.05, 4.69) is 22.1 Å². The van der Waals surface area contributed by atoms with Crippen LogP contribution in [0.4, 0.5) is 14.9 Å². The smallest absolute Gasteiger partial charge is 0.321 e. The molecule has 10 heteroatoms. The molecular formula is C26H31FN4O5. The van der Waals surface area contributed by atoms with Gasteiger partial charge in [0.05, 0.1) is 19.2 Å². The molecule has 0 saturated carbocycles. The predicted molar refractivity (Wildman–Crippen MR) is 132 cm³/mol. The number of carbonyl (C=O) groups excluding carboxylic acids is 2. The Balaban J connectivity index is 1.87. The van der Waals surface area contributed by atoms with Gasteiger partial charge in [0.15, 0.2) is 0 Å². The Morgan fingerprint density at radius 1 is 1.36 bits per heavy atom. The molecule has 4 atom stereocenters. The van der Waals surface area contributed by atoms with Crippen LogP contribution in [0.25, 0.3) is 0 Å². The molecule has 3 rings (SSSR count). The fourth-order valence-corrected chi connectivity index (χ4v) is 3.68. The van der Waals surface area contributed by atoms with Crippen LogP contribution in [0, 0.1) is 23.6 Å². The van der Waals surface area contributed by atoms with Gasteiger partial charge in [0.25, 0.3) is 5.91 Å². The number of nitrogens with one attached hydrogen (secondary N) is 1. The van der Waals surface area contributed by atoms with E-state index in [0.717, 1.165) is 0 Å². The number of aliphatic hydroxyl groups excluding tert-OH is 2. The molecule has 0 unspecified atom stereocenters. The van der Waals surface area contributed by atoms with Gasteiger partial charge in [-0.05, 0) is 44.2 Å². The van der Waals surface area contributed by atoms with Crippen molar-refractivity contribution < 1.29 is 28.9 Å². The highest BCUT2D eigenvalue weighted by atomic mass is 19.1. The zero-order valence-corrected chi connectivity index (χ0v) is 20.7. The van der Waals surface area contributed by atoms with Gasteiger partial charge in [-0.2, -0.15) is 0 Å². The van der Waals surface area contributed by atoms with E-state index in [-0.39, 0.29) is 43.0 Å². The number of aromatic nitrogens is 1. The number of ether oxygens (including phenoxy) is 1. The maximum Gasteiger partial charge on any atom is 0.321 e. The molecule has 36 heavy (non-hydrogen) atoms. The molecule has 9 nitrogen and oxygen atoms in total. The standard InChI is InChI=1S/C26H31FN4O5/c1-16-13-31(17(2)15-32)25(34)22-11-19(6-5-18(3)33)12-28-24(22)36-23(16)14-30(4)26(35)29-21-9-7-20(27)8-10-21/h7-12,16-18,23,32-33H,13-15H2,1-4H3,(H,29,35)/t16-,17-,18+,23-/m0/s1. The molecule has 0 radical (unpaired) electrons. The van der Waals surface area contributed by atoms with Gasteiger partial charge in [0.2, 0.25) is 5.88 Å². The largest absolute Gasteiger partial charge is 0.472 e. The van der Waals surface area contributed by atoms with Crippen molar-refractivity contribution in [2.45, 2.75) is 39.0 Å². The summed E-state index contributed by atoms with van der Waals surface area (Å²) in [5.41, 5.74) is 1.07. The van der Waals surface area contributed by atoms with E-state index in [0.29, 0.717) is 11.3 Å². The first kappa shape index (κ1) is 26.9. The number of halogens is 1. The molecule has 1 aliphatic rings. The summed E-state index contributed by atoms with van der Waals surface area (Å²) in [6.07, 6.45) is 0.0816. The Hall–Kier alpha value is -3.68. The van der Waals surface area contributed by atoms with Crippen molar-refractivity contribution in [1.29, 1.82) is 0 Å². The number of hydrogen-bond donors (Lipinski definition) is 3. The summed E-state index contributed by atoms with van der Waals surface area (Å²) in [6, 6.07) is 6.13. The van der Waals surface area contributed by atoms with Crippen molar-refractivity contribution in [1.82, 2.24) is 14.8 Å². The number of pyridine rings is 1. The number of aliphatic hydroxyl groups is 2. The van der Waals surface area contributed by atoms with Crippen LogP contribution >= 0.6 is 0 Å². The molecule has 0 bridgehead atoms. The van der Waals surface area contributed by atoms with Gasteiger partial charge in [-0.25, -0.2) is 14.2 Å². The van der Waals surface area contributed by atoms with Crippen LogP contribution in [0.2, 0.25) is 0 Å². The van der Waals surface area contributed by atoms with Crippen LogP contribution in [-0.2, 0) is 0 Å². The van der Waals surface area contributed by atoms with Gasteiger partial charge in [0, 0.05) is 37.0 Å². The van der Waals surface area contributed by atoms with Crippen LogP contribution in [-0.4, -0.2) is 81.9 Å². The van der Waals surface area contributed by atoms with Gasteiger partial charge in [0.1, 0.15) is 23.6 Å². The highest BCUT2D eigenvalue weighted by Gasteiger charge is 2.34. The Kier molecular flexibility index (Phi) is 8.85. The first-order valence-electron chi connectivity index (χ1n) is 11.6. The lowest BCUT2D eigenvalue weighted by Gasteiger charge is -2.37. The molecule has 3 N–H and O–H groups in total. The zero-order valence-electron chi connectivity index (χ0n) is 20.7. The van der Waals surface area contributed by atoms with E-state index in [1.807, 2.05) is 6.92 Å². The third-order valence-electron chi connectivity index (χ3n) is 5.84. The topological polar surface area (TPSA) is 115 Å². The van der Waals surface area contributed by atoms with Crippen molar-refractivity contribution in [3.63, 3.8) is 0 Å². The number of fused-ring (bicyclic) bond motifs is 1. The summed E-state index contributed by atoms with van der Waals surface area (Å²) < 4.78 is 19.3. The van der Waals surface area contributed by atoms with Crippen molar-refractivity contribution in [2.24, 2.45) is 5.92 Å². The average molecular weight is 499 g/mol. The average Bonchev–Trinajstić information content (AvgIpc) is 2.85. The lowest BCUT2D eigenvalue weighted by Crippen LogP contribution is -2.50. The third-order valence-corrected chi connectivity index (χ3v) is 5.84. The van der Waals surface area contributed by atoms with E-state index in [9.17, 15) is 24.2 Å². The normalized spacial score (nSPS) is 19.0. The van der Waals surface area contributed by atoms with Gasteiger partial charge in [-0.3, -0.25) is 4.79 Å². The molecule has 1 aliphatic heterocycles. The Morgan fingerprint density at radius 3 is 2.69 bits per heavy atom. The number of rotatable bonds is 5. The molecule has 0 spiro atoms. The minimum absolute atomic E-state index is 0.0987. The second-order valence-corrected chi connectivity index (χ2v) is 8.96. The van der Waals surface area contributed by atoms with Crippen molar-refractivity contribution in [2.75, 3.05) is 32.1 Å². The first-order chi connectivity index (χ1) is 17.1. The Labute approximate surface area is 209 Å². The first-order valence-corrected chi connectivity index (χ1v) is 11.6. The number of anilines is 1. The Bertz CT molecular complexity index is 1150. The summed E-state index contributed by atoms with van der Waals surface area (Å²) in [5, 5.41) is 21.9. The third kappa shape index (κ3) is 6.71. The fourth-order valence-electron chi connectivity index (χ4n) is 3.68. The molecule has 2 aromatic rings. The molecule has 2 heterocycles. The second kappa shape index (κ2) is 11.8. The van der Waals surface area contributed by atoms with E-state index in [1.165, 1.54) is 42.3 Å². The van der Waals surface area contributed by atoms with Gasteiger partial charge >= 0.3 is 6.03 Å². The summed E-state index contributed by atoms with van der Waals surface area (Å²) >= 11 is 0. The molecule has 0 fully saturated rings. The second-order valence-electron chi connectivity index (χ2n) is 8.96. The van der Waals surface area contributed by atoms with E-state index in [4.69, 9.17) is 4.74 Å². The summed E-state index contributed by atoms with van der Waals surface area (Å²) in [7, 11) is 1.61.